The number of nitrogens with one attached hydrogen (secondary N) is 2. The second-order valence-corrected chi connectivity index (χ2v) is 9.53. The van der Waals surface area contributed by atoms with Crippen molar-refractivity contribution in [2.24, 2.45) is 11.7 Å². The van der Waals surface area contributed by atoms with Crippen LogP contribution in [-0.4, -0.2) is 36.6 Å². The molecule has 3 amide bonds. The van der Waals surface area contributed by atoms with Gasteiger partial charge in [-0.05, 0) is 29.8 Å². The first-order chi connectivity index (χ1) is 13.2. The van der Waals surface area contributed by atoms with Gasteiger partial charge in [-0.25, -0.2) is 4.79 Å². The summed E-state index contributed by atoms with van der Waals surface area (Å²) in [5, 5.41) is 6.67. The number of urea groups is 1. The lowest BCUT2D eigenvalue weighted by Crippen LogP contribution is -3.00. The van der Waals surface area contributed by atoms with Gasteiger partial charge in [0.2, 0.25) is 0 Å². The maximum absolute atomic E-state index is 12.4. The highest BCUT2D eigenvalue weighted by Gasteiger charge is 2.35. The fourth-order valence-electron chi connectivity index (χ4n) is 3.90. The summed E-state index contributed by atoms with van der Waals surface area (Å²) in [7, 11) is 2.24. The summed E-state index contributed by atoms with van der Waals surface area (Å²) >= 11 is 7.32. The molecular formula is C20H26ClIN4O2S. The van der Waals surface area contributed by atoms with E-state index < -0.39 is 11.9 Å². The lowest BCUT2D eigenvalue weighted by molar-refractivity contribution is -0.926. The Balaban J connectivity index is 0.00000300. The van der Waals surface area contributed by atoms with E-state index in [9.17, 15) is 9.59 Å². The molecule has 0 saturated carbocycles. The van der Waals surface area contributed by atoms with Gasteiger partial charge in [0, 0.05) is 23.0 Å². The van der Waals surface area contributed by atoms with Crippen molar-refractivity contribution in [3.63, 3.8) is 0 Å². The predicted octanol–water partition coefficient (Wildman–Crippen LogP) is 1.31. The molecule has 6 nitrogen and oxygen atoms in total. The lowest BCUT2D eigenvalue weighted by Gasteiger charge is -2.39. The van der Waals surface area contributed by atoms with Gasteiger partial charge in [0.05, 0.1) is 30.6 Å². The van der Waals surface area contributed by atoms with Crippen LogP contribution in [0.4, 0.5) is 15.5 Å². The predicted molar refractivity (Wildman–Crippen MR) is 115 cm³/mol. The summed E-state index contributed by atoms with van der Waals surface area (Å²) in [6, 6.07) is 6.41. The molecule has 1 aromatic carbocycles. The highest BCUT2D eigenvalue weighted by molar-refractivity contribution is 7.17. The monoisotopic (exact) mass is 548 g/mol. The first-order valence-electron chi connectivity index (χ1n) is 9.28. The summed E-state index contributed by atoms with van der Waals surface area (Å²) in [5.74, 6) is 0.0872. The number of halogens is 2. The molecule has 3 rings (SSSR count). The zero-order valence-corrected chi connectivity index (χ0v) is 20.5. The van der Waals surface area contributed by atoms with Gasteiger partial charge in [-0.15, -0.1) is 11.3 Å². The molecule has 29 heavy (non-hydrogen) atoms. The van der Waals surface area contributed by atoms with Crippen molar-refractivity contribution in [1.29, 1.82) is 0 Å². The molecule has 0 aliphatic carbocycles. The number of thiophene rings is 1. The molecular weight excluding hydrogens is 523 g/mol. The topological polar surface area (TPSA) is 84.2 Å². The normalized spacial score (nSPS) is 18.0. The maximum Gasteiger partial charge on any atom is 0.324 e. The largest absolute Gasteiger partial charge is 1.00 e. The molecule has 1 unspecified atom stereocenters. The first-order valence-corrected chi connectivity index (χ1v) is 10.5. The van der Waals surface area contributed by atoms with Crippen molar-refractivity contribution in [1.82, 2.24) is 0 Å². The lowest BCUT2D eigenvalue weighted by atomic mass is 9.99. The number of rotatable bonds is 5. The standard InChI is InChI=1S/C20H25ClN4O2S.HI/c1-12(2)10-25(3)9-8-15-16(11-25)28-19(17(15)18(22)26)24-20(27)23-14-6-4-13(21)5-7-14;/h4-7,12H,8-11H2,1-3H3,(H3-,22,23,24,26,27);1H. The van der Waals surface area contributed by atoms with Crippen LogP contribution in [0.5, 0.6) is 0 Å². The van der Waals surface area contributed by atoms with Crippen molar-refractivity contribution in [2.45, 2.75) is 26.8 Å². The fourth-order valence-corrected chi connectivity index (χ4v) is 5.44. The molecule has 1 aromatic heterocycles. The fraction of sp³-hybridized carbons (Fsp3) is 0.400. The molecule has 2 aromatic rings. The van der Waals surface area contributed by atoms with E-state index in [1.54, 1.807) is 24.3 Å². The molecule has 2 heterocycles. The Kier molecular flexibility index (Phi) is 7.94. The van der Waals surface area contributed by atoms with E-state index >= 15 is 0 Å². The highest BCUT2D eigenvalue weighted by Crippen LogP contribution is 2.39. The minimum absolute atomic E-state index is 0. The van der Waals surface area contributed by atoms with E-state index in [-0.39, 0.29) is 24.0 Å². The van der Waals surface area contributed by atoms with Crippen molar-refractivity contribution in [3.05, 3.63) is 45.3 Å². The van der Waals surface area contributed by atoms with E-state index in [1.165, 1.54) is 11.3 Å². The van der Waals surface area contributed by atoms with Gasteiger partial charge in [-0.2, -0.15) is 0 Å². The van der Waals surface area contributed by atoms with Crippen LogP contribution in [0, 0.1) is 5.92 Å². The number of primary amides is 1. The number of fused-ring (bicyclic) bond motifs is 1. The number of quaternary nitrogens is 1. The number of nitrogens with zero attached hydrogens (tertiary/aromatic N) is 1. The van der Waals surface area contributed by atoms with Crippen LogP contribution in [0.3, 0.4) is 0 Å². The number of carbonyl (C=O) groups excluding carboxylic acids is 2. The van der Waals surface area contributed by atoms with Gasteiger partial charge >= 0.3 is 6.03 Å². The van der Waals surface area contributed by atoms with Crippen molar-refractivity contribution >= 4 is 45.6 Å². The average molecular weight is 549 g/mol. The summed E-state index contributed by atoms with van der Waals surface area (Å²) in [6.07, 6.45) is 0.786. The van der Waals surface area contributed by atoms with Crippen LogP contribution in [0.1, 0.15) is 34.6 Å². The average Bonchev–Trinajstić information content (AvgIpc) is 2.92. The van der Waals surface area contributed by atoms with Crippen LogP contribution in [0.15, 0.2) is 24.3 Å². The third-order valence-electron chi connectivity index (χ3n) is 4.90. The summed E-state index contributed by atoms with van der Waals surface area (Å²) in [5.41, 5.74) is 7.70. The third-order valence-corrected chi connectivity index (χ3v) is 6.28. The number of carbonyl (C=O) groups is 2. The zero-order valence-electron chi connectivity index (χ0n) is 16.7. The third kappa shape index (κ3) is 5.84. The van der Waals surface area contributed by atoms with Gasteiger partial charge < -0.3 is 39.5 Å². The Bertz CT molecular complexity index is 901. The van der Waals surface area contributed by atoms with Gasteiger partial charge in [0.1, 0.15) is 11.5 Å². The zero-order chi connectivity index (χ0) is 20.5. The maximum atomic E-state index is 12.4. The summed E-state index contributed by atoms with van der Waals surface area (Å²) in [4.78, 5) is 25.7. The number of hydrogen-bond acceptors (Lipinski definition) is 3. The van der Waals surface area contributed by atoms with Crippen LogP contribution in [-0.2, 0) is 13.0 Å². The highest BCUT2D eigenvalue weighted by atomic mass is 127. The Morgan fingerprint density at radius 3 is 2.48 bits per heavy atom. The molecule has 1 aliphatic heterocycles. The minimum atomic E-state index is -0.501. The molecule has 1 aliphatic rings. The van der Waals surface area contributed by atoms with E-state index in [0.717, 1.165) is 41.0 Å². The Morgan fingerprint density at radius 1 is 1.24 bits per heavy atom. The minimum Gasteiger partial charge on any atom is -1.00 e. The second-order valence-electron chi connectivity index (χ2n) is 7.99. The molecule has 0 bridgehead atoms. The second kappa shape index (κ2) is 9.63. The quantitative estimate of drug-likeness (QED) is 0.389. The molecule has 0 radical (unpaired) electrons. The molecule has 9 heteroatoms. The van der Waals surface area contributed by atoms with Gasteiger partial charge in [-0.1, -0.05) is 25.4 Å². The number of amides is 3. The SMILES string of the molecule is CC(C)C[N+]1(C)CCc2c(sc(NC(=O)Nc3ccc(Cl)cc3)c2C(N)=O)C1.[I-]. The Morgan fingerprint density at radius 2 is 1.90 bits per heavy atom. The van der Waals surface area contributed by atoms with Gasteiger partial charge in [-0.3, -0.25) is 10.1 Å². The molecule has 1 atom stereocenters. The number of benzene rings is 1. The van der Waals surface area contributed by atoms with Gasteiger partial charge in [0.15, 0.2) is 0 Å². The molecule has 0 fully saturated rings. The van der Waals surface area contributed by atoms with Crippen molar-refractivity contribution < 1.29 is 38.0 Å². The molecule has 4 N–H and O–H groups in total. The van der Waals surface area contributed by atoms with E-state index in [4.69, 9.17) is 17.3 Å². The van der Waals surface area contributed by atoms with Crippen LogP contribution < -0.4 is 40.3 Å². The summed E-state index contributed by atoms with van der Waals surface area (Å²) in [6.45, 7) is 7.31. The van der Waals surface area contributed by atoms with Crippen LogP contribution >= 0.6 is 22.9 Å². The van der Waals surface area contributed by atoms with E-state index in [0.29, 0.717) is 27.2 Å². The Labute approximate surface area is 197 Å². The van der Waals surface area contributed by atoms with Crippen LogP contribution in [0.25, 0.3) is 0 Å². The van der Waals surface area contributed by atoms with Crippen LogP contribution in [0.2, 0.25) is 5.02 Å². The molecule has 0 saturated heterocycles. The molecule has 158 valence electrons. The van der Waals surface area contributed by atoms with E-state index in [1.807, 2.05) is 0 Å². The number of likely N-dealkylation sites (N-methyl/N-ethyl adjacent to an activating group) is 1. The number of nitrogens with two attached hydrogens (primary N) is 1. The number of anilines is 2. The van der Waals surface area contributed by atoms with E-state index in [2.05, 4.69) is 31.5 Å². The smallest absolute Gasteiger partial charge is 0.324 e. The van der Waals surface area contributed by atoms with Crippen molar-refractivity contribution in [3.8, 4) is 0 Å². The van der Waals surface area contributed by atoms with Crippen molar-refractivity contribution in [2.75, 3.05) is 30.8 Å². The first kappa shape index (κ1) is 23.9. The van der Waals surface area contributed by atoms with Gasteiger partial charge in [0.25, 0.3) is 5.91 Å². The Hall–Kier alpha value is -1.36. The molecule has 0 spiro atoms. The summed E-state index contributed by atoms with van der Waals surface area (Å²) < 4.78 is 0.930. The number of hydrogen-bond donors (Lipinski definition) is 3.